The molecule has 88 valence electrons. The minimum atomic E-state index is 0.0808. The van der Waals surface area contributed by atoms with Crippen LogP contribution in [0.5, 0.6) is 0 Å². The first kappa shape index (κ1) is 13.0. The fraction of sp³-hybridized carbons (Fsp3) is 0.455. The Morgan fingerprint density at radius 1 is 1.44 bits per heavy atom. The molecule has 0 radical (unpaired) electrons. The average molecular weight is 286 g/mol. The maximum absolute atomic E-state index is 11.3. The van der Waals surface area contributed by atoms with Crippen molar-refractivity contribution < 1.29 is 4.79 Å². The Morgan fingerprint density at radius 2 is 2.25 bits per heavy atom. The highest BCUT2D eigenvalue weighted by atomic mass is 79.9. The highest BCUT2D eigenvalue weighted by molar-refractivity contribution is 9.10. The van der Waals surface area contributed by atoms with Crippen molar-refractivity contribution in [2.75, 3.05) is 18.4 Å². The molecule has 1 heterocycles. The summed E-state index contributed by atoms with van der Waals surface area (Å²) in [6, 6.07) is 1.93. The third-order valence-corrected chi connectivity index (χ3v) is 2.39. The van der Waals surface area contributed by atoms with E-state index in [9.17, 15) is 4.79 Å². The number of pyridine rings is 1. The van der Waals surface area contributed by atoms with Crippen molar-refractivity contribution >= 4 is 27.5 Å². The van der Waals surface area contributed by atoms with Gasteiger partial charge in [-0.05, 0) is 28.4 Å². The summed E-state index contributed by atoms with van der Waals surface area (Å²) < 4.78 is 0.924. The van der Waals surface area contributed by atoms with Crippen molar-refractivity contribution in [3.63, 3.8) is 0 Å². The van der Waals surface area contributed by atoms with Crippen LogP contribution in [0.4, 0.5) is 5.69 Å². The molecule has 0 bridgehead atoms. The summed E-state index contributed by atoms with van der Waals surface area (Å²) in [5, 5.41) is 5.97. The van der Waals surface area contributed by atoms with E-state index in [1.54, 1.807) is 12.4 Å². The van der Waals surface area contributed by atoms with Gasteiger partial charge >= 0.3 is 0 Å². The zero-order valence-electron chi connectivity index (χ0n) is 9.29. The topological polar surface area (TPSA) is 54.0 Å². The summed E-state index contributed by atoms with van der Waals surface area (Å²) in [5.41, 5.74) is 0.915. The molecule has 0 atom stereocenters. The quantitative estimate of drug-likeness (QED) is 0.842. The van der Waals surface area contributed by atoms with Crippen LogP contribution in [-0.2, 0) is 4.79 Å². The van der Waals surface area contributed by atoms with Gasteiger partial charge in [-0.2, -0.15) is 0 Å². The lowest BCUT2D eigenvalue weighted by atomic mass is 10.3. The minimum absolute atomic E-state index is 0.0808. The molecule has 1 aromatic heterocycles. The Bertz CT molecular complexity index is 344. The average Bonchev–Trinajstić information content (AvgIpc) is 2.26. The number of aromatic nitrogens is 1. The molecule has 1 aromatic rings. The molecular weight excluding hydrogens is 270 g/mol. The molecule has 0 spiro atoms. The first-order chi connectivity index (χ1) is 7.72. The Morgan fingerprint density at radius 3 is 2.94 bits per heavy atom. The zero-order chi connectivity index (χ0) is 11.8. The van der Waals surface area contributed by atoms with Gasteiger partial charge in [-0.3, -0.25) is 9.78 Å². The van der Waals surface area contributed by atoms with Gasteiger partial charge in [0.25, 0.3) is 0 Å². The van der Waals surface area contributed by atoms with Gasteiger partial charge in [0.15, 0.2) is 0 Å². The van der Waals surface area contributed by atoms with Crippen LogP contribution in [0.15, 0.2) is 22.9 Å². The number of rotatable bonds is 6. The minimum Gasteiger partial charge on any atom is -0.383 e. The second-order valence-corrected chi connectivity index (χ2v) is 4.33. The lowest BCUT2D eigenvalue weighted by Gasteiger charge is -2.06. The first-order valence-corrected chi connectivity index (χ1v) is 6.12. The van der Waals surface area contributed by atoms with Gasteiger partial charge < -0.3 is 10.6 Å². The van der Waals surface area contributed by atoms with E-state index in [4.69, 9.17) is 0 Å². The largest absolute Gasteiger partial charge is 0.383 e. The second kappa shape index (κ2) is 7.22. The predicted octanol–water partition coefficient (Wildman–Crippen LogP) is 2.17. The molecule has 0 fully saturated rings. The van der Waals surface area contributed by atoms with Crippen molar-refractivity contribution in [3.05, 3.63) is 22.9 Å². The second-order valence-electron chi connectivity index (χ2n) is 3.42. The maximum atomic E-state index is 11.3. The van der Waals surface area contributed by atoms with E-state index < -0.39 is 0 Å². The van der Waals surface area contributed by atoms with Gasteiger partial charge in [0.05, 0.1) is 11.9 Å². The van der Waals surface area contributed by atoms with Crippen LogP contribution in [0.1, 0.15) is 19.8 Å². The Kier molecular flexibility index (Phi) is 5.85. The molecule has 16 heavy (non-hydrogen) atoms. The van der Waals surface area contributed by atoms with Crippen molar-refractivity contribution in [2.24, 2.45) is 0 Å². The lowest BCUT2D eigenvalue weighted by Crippen LogP contribution is -2.25. The van der Waals surface area contributed by atoms with Gasteiger partial charge in [0, 0.05) is 30.2 Å². The number of amides is 1. The van der Waals surface area contributed by atoms with Crippen molar-refractivity contribution in [3.8, 4) is 0 Å². The third kappa shape index (κ3) is 5.11. The third-order valence-electron chi connectivity index (χ3n) is 1.96. The maximum Gasteiger partial charge on any atom is 0.221 e. The number of nitrogens with one attached hydrogen (secondary N) is 2. The summed E-state index contributed by atoms with van der Waals surface area (Å²) in [6.45, 7) is 3.40. The van der Waals surface area contributed by atoms with Gasteiger partial charge in [-0.25, -0.2) is 0 Å². The van der Waals surface area contributed by atoms with E-state index in [1.807, 2.05) is 13.0 Å². The fourth-order valence-corrected chi connectivity index (χ4v) is 1.55. The Labute approximate surface area is 104 Å². The normalized spacial score (nSPS) is 9.88. The molecule has 4 nitrogen and oxygen atoms in total. The first-order valence-electron chi connectivity index (χ1n) is 5.33. The van der Waals surface area contributed by atoms with Crippen molar-refractivity contribution in [1.29, 1.82) is 0 Å². The van der Waals surface area contributed by atoms with E-state index in [-0.39, 0.29) is 5.91 Å². The molecule has 2 N–H and O–H groups in total. The highest BCUT2D eigenvalue weighted by Gasteiger charge is 1.99. The van der Waals surface area contributed by atoms with Gasteiger partial charge in [0.1, 0.15) is 0 Å². The smallest absolute Gasteiger partial charge is 0.221 e. The Balaban J connectivity index is 2.22. The van der Waals surface area contributed by atoms with E-state index in [1.165, 1.54) is 0 Å². The van der Waals surface area contributed by atoms with Gasteiger partial charge in [-0.15, -0.1) is 0 Å². The van der Waals surface area contributed by atoms with Crippen molar-refractivity contribution in [1.82, 2.24) is 10.3 Å². The zero-order valence-corrected chi connectivity index (χ0v) is 10.9. The molecule has 1 amide bonds. The van der Waals surface area contributed by atoms with Crippen LogP contribution < -0.4 is 10.6 Å². The molecular formula is C11H16BrN3O. The number of anilines is 1. The van der Waals surface area contributed by atoms with Gasteiger partial charge in [-0.1, -0.05) is 6.92 Å². The number of carbonyl (C=O) groups is 1. The summed E-state index contributed by atoms with van der Waals surface area (Å²) in [5.74, 6) is 0.0808. The number of halogens is 1. The van der Waals surface area contributed by atoms with Crippen LogP contribution in [0.25, 0.3) is 0 Å². The Hall–Kier alpha value is -1.10. The molecule has 1 rings (SSSR count). The molecule has 0 saturated heterocycles. The van der Waals surface area contributed by atoms with E-state index in [0.29, 0.717) is 13.0 Å². The number of hydrogen-bond donors (Lipinski definition) is 2. The fourth-order valence-electron chi connectivity index (χ4n) is 1.18. The number of carbonyl (C=O) groups excluding carboxylic acids is 1. The number of nitrogens with zero attached hydrogens (tertiary/aromatic N) is 1. The highest BCUT2D eigenvalue weighted by Crippen LogP contribution is 2.13. The molecule has 0 aromatic carbocycles. The molecule has 0 aliphatic carbocycles. The van der Waals surface area contributed by atoms with Crippen LogP contribution in [0.2, 0.25) is 0 Å². The SMILES string of the molecule is CCCNC(=O)CCNc1cncc(Br)c1. The van der Waals surface area contributed by atoms with Crippen LogP contribution in [0, 0.1) is 0 Å². The molecule has 0 aliphatic rings. The number of hydrogen-bond acceptors (Lipinski definition) is 3. The van der Waals surface area contributed by atoms with Gasteiger partial charge in [0.2, 0.25) is 5.91 Å². The predicted molar refractivity (Wildman–Crippen MR) is 68.3 cm³/mol. The summed E-state index contributed by atoms with van der Waals surface area (Å²) in [4.78, 5) is 15.3. The standard InChI is InChI=1S/C11H16BrN3O/c1-2-4-15-11(16)3-5-14-10-6-9(12)7-13-8-10/h6-8,14H,2-5H2,1H3,(H,15,16). The van der Waals surface area contributed by atoms with Crippen LogP contribution in [0.3, 0.4) is 0 Å². The lowest BCUT2D eigenvalue weighted by molar-refractivity contribution is -0.120. The summed E-state index contributed by atoms with van der Waals surface area (Å²) >= 11 is 3.34. The van der Waals surface area contributed by atoms with E-state index >= 15 is 0 Å². The van der Waals surface area contributed by atoms with Crippen LogP contribution in [-0.4, -0.2) is 24.0 Å². The summed E-state index contributed by atoms with van der Waals surface area (Å²) in [7, 11) is 0. The van der Waals surface area contributed by atoms with Crippen LogP contribution >= 0.6 is 15.9 Å². The monoisotopic (exact) mass is 285 g/mol. The summed E-state index contributed by atoms with van der Waals surface area (Å²) in [6.07, 6.45) is 4.90. The van der Waals surface area contributed by atoms with Crippen molar-refractivity contribution in [2.45, 2.75) is 19.8 Å². The molecule has 0 unspecified atom stereocenters. The molecule has 0 aliphatic heterocycles. The molecule has 5 heteroatoms. The van der Waals surface area contributed by atoms with E-state index in [2.05, 4.69) is 31.5 Å². The molecule has 0 saturated carbocycles. The van der Waals surface area contributed by atoms with E-state index in [0.717, 1.165) is 23.1 Å².